The summed E-state index contributed by atoms with van der Waals surface area (Å²) in [7, 11) is -3.69. The molecule has 0 spiro atoms. The highest BCUT2D eigenvalue weighted by Gasteiger charge is 2.10. The SMILES string of the molecule is Cc1cc(Br)cc(C)c1NC(=O)CCc1ccc(S(N)(=O)=O)cc1. The lowest BCUT2D eigenvalue weighted by molar-refractivity contribution is -0.116. The van der Waals surface area contributed by atoms with Gasteiger partial charge < -0.3 is 5.32 Å². The van der Waals surface area contributed by atoms with Gasteiger partial charge in [0, 0.05) is 16.6 Å². The lowest BCUT2D eigenvalue weighted by atomic mass is 10.1. The summed E-state index contributed by atoms with van der Waals surface area (Å²) in [6.45, 7) is 3.89. The smallest absolute Gasteiger partial charge is 0.238 e. The molecule has 3 N–H and O–H groups in total. The molecule has 1 amide bonds. The number of amides is 1. The number of hydrogen-bond donors (Lipinski definition) is 2. The number of primary sulfonamides is 1. The minimum atomic E-state index is -3.69. The van der Waals surface area contributed by atoms with Crippen molar-refractivity contribution in [3.8, 4) is 0 Å². The molecule has 0 aromatic heterocycles. The molecule has 0 atom stereocenters. The quantitative estimate of drug-likeness (QED) is 0.791. The summed E-state index contributed by atoms with van der Waals surface area (Å²) in [6.07, 6.45) is 0.828. The maximum absolute atomic E-state index is 12.2. The fourth-order valence-corrected chi connectivity index (χ4v) is 3.62. The van der Waals surface area contributed by atoms with Crippen molar-refractivity contribution in [3.05, 3.63) is 57.6 Å². The number of carbonyl (C=O) groups excluding carboxylic acids is 1. The zero-order valence-corrected chi connectivity index (χ0v) is 15.9. The van der Waals surface area contributed by atoms with E-state index in [0.717, 1.165) is 26.9 Å². The zero-order valence-electron chi connectivity index (χ0n) is 13.5. The Morgan fingerprint density at radius 1 is 1.12 bits per heavy atom. The van der Waals surface area contributed by atoms with Crippen LogP contribution in [0.1, 0.15) is 23.1 Å². The summed E-state index contributed by atoms with van der Waals surface area (Å²) in [5, 5.41) is 7.99. The van der Waals surface area contributed by atoms with Crippen LogP contribution < -0.4 is 10.5 Å². The van der Waals surface area contributed by atoms with E-state index in [1.807, 2.05) is 26.0 Å². The monoisotopic (exact) mass is 410 g/mol. The second kappa shape index (κ2) is 7.46. The Balaban J connectivity index is 1.99. The average molecular weight is 411 g/mol. The topological polar surface area (TPSA) is 89.3 Å². The van der Waals surface area contributed by atoms with Crippen molar-refractivity contribution < 1.29 is 13.2 Å². The highest BCUT2D eigenvalue weighted by atomic mass is 79.9. The molecule has 2 rings (SSSR count). The number of nitrogens with two attached hydrogens (primary N) is 1. The summed E-state index contributed by atoms with van der Waals surface area (Å²) in [6, 6.07) is 10.1. The van der Waals surface area contributed by atoms with Crippen molar-refractivity contribution in [2.24, 2.45) is 5.14 Å². The van der Waals surface area contributed by atoms with Crippen molar-refractivity contribution in [1.29, 1.82) is 0 Å². The Bertz CT molecular complexity index is 839. The molecule has 0 bridgehead atoms. The summed E-state index contributed by atoms with van der Waals surface area (Å²) in [5.74, 6) is -0.0842. The Morgan fingerprint density at radius 3 is 2.17 bits per heavy atom. The number of aryl methyl sites for hydroxylation is 3. The molecule has 0 unspecified atom stereocenters. The van der Waals surface area contributed by atoms with Gasteiger partial charge in [0.1, 0.15) is 0 Å². The predicted octanol–water partition coefficient (Wildman–Crippen LogP) is 3.28. The Kier molecular flexibility index (Phi) is 5.79. The van der Waals surface area contributed by atoms with E-state index in [1.54, 1.807) is 12.1 Å². The van der Waals surface area contributed by atoms with Crippen molar-refractivity contribution in [1.82, 2.24) is 0 Å². The van der Waals surface area contributed by atoms with Crippen molar-refractivity contribution in [2.45, 2.75) is 31.6 Å². The van der Waals surface area contributed by atoms with Gasteiger partial charge in [0.05, 0.1) is 4.90 Å². The maximum Gasteiger partial charge on any atom is 0.238 e. The minimum Gasteiger partial charge on any atom is -0.326 e. The molecule has 0 saturated heterocycles. The van der Waals surface area contributed by atoms with Crippen LogP contribution in [0.4, 0.5) is 5.69 Å². The van der Waals surface area contributed by atoms with Crippen LogP contribution in [-0.2, 0) is 21.2 Å². The first-order valence-electron chi connectivity index (χ1n) is 7.35. The van der Waals surface area contributed by atoms with E-state index in [-0.39, 0.29) is 10.8 Å². The molecule has 0 fully saturated rings. The summed E-state index contributed by atoms with van der Waals surface area (Å²) < 4.78 is 23.4. The van der Waals surface area contributed by atoms with Crippen molar-refractivity contribution in [2.75, 3.05) is 5.32 Å². The number of rotatable bonds is 5. The first kappa shape index (κ1) is 18.6. The molecule has 0 aliphatic rings. The minimum absolute atomic E-state index is 0.0665. The summed E-state index contributed by atoms with van der Waals surface area (Å²) in [4.78, 5) is 12.2. The average Bonchev–Trinajstić information content (AvgIpc) is 2.48. The highest BCUT2D eigenvalue weighted by molar-refractivity contribution is 9.10. The first-order chi connectivity index (χ1) is 11.2. The van der Waals surface area contributed by atoms with Gasteiger partial charge >= 0.3 is 0 Å². The second-order valence-corrected chi connectivity index (χ2v) is 8.13. The number of carbonyl (C=O) groups is 1. The highest BCUT2D eigenvalue weighted by Crippen LogP contribution is 2.25. The van der Waals surface area contributed by atoms with Gasteiger partial charge in [-0.2, -0.15) is 0 Å². The molecule has 7 heteroatoms. The van der Waals surface area contributed by atoms with Gasteiger partial charge in [-0.15, -0.1) is 0 Å². The van der Waals surface area contributed by atoms with E-state index in [4.69, 9.17) is 5.14 Å². The molecule has 128 valence electrons. The van der Waals surface area contributed by atoms with E-state index >= 15 is 0 Å². The Morgan fingerprint density at radius 2 is 1.67 bits per heavy atom. The van der Waals surface area contributed by atoms with E-state index in [1.165, 1.54) is 12.1 Å². The molecule has 5 nitrogen and oxygen atoms in total. The molecule has 2 aromatic carbocycles. The van der Waals surface area contributed by atoms with Crippen molar-refractivity contribution >= 4 is 37.5 Å². The number of halogens is 1. The standard InChI is InChI=1S/C17H19BrN2O3S/c1-11-9-14(18)10-12(2)17(11)20-16(21)8-5-13-3-6-15(7-4-13)24(19,22)23/h3-4,6-7,9-10H,5,8H2,1-2H3,(H,20,21)(H2,19,22,23). The lowest BCUT2D eigenvalue weighted by Gasteiger charge is -2.12. The largest absolute Gasteiger partial charge is 0.326 e. The van der Waals surface area contributed by atoms with E-state index in [0.29, 0.717) is 12.8 Å². The molecule has 0 heterocycles. The third kappa shape index (κ3) is 4.90. The molecule has 0 aliphatic carbocycles. The molecule has 24 heavy (non-hydrogen) atoms. The molecular weight excluding hydrogens is 392 g/mol. The van der Waals surface area contributed by atoms with Gasteiger partial charge in [0.2, 0.25) is 15.9 Å². The fraction of sp³-hybridized carbons (Fsp3) is 0.235. The maximum atomic E-state index is 12.2. The van der Waals surface area contributed by atoms with E-state index in [9.17, 15) is 13.2 Å². The fourth-order valence-electron chi connectivity index (χ4n) is 2.41. The Labute approximate surface area is 150 Å². The number of sulfonamides is 1. The second-order valence-electron chi connectivity index (χ2n) is 5.65. The van der Waals surface area contributed by atoms with Crippen LogP contribution in [0.15, 0.2) is 45.8 Å². The van der Waals surface area contributed by atoms with Gasteiger partial charge in [-0.05, 0) is 61.2 Å². The van der Waals surface area contributed by atoms with Crippen LogP contribution in [0.5, 0.6) is 0 Å². The molecule has 0 aliphatic heterocycles. The third-order valence-corrected chi connectivity index (χ3v) is 5.04. The number of hydrogen-bond acceptors (Lipinski definition) is 3. The third-order valence-electron chi connectivity index (χ3n) is 3.65. The molecular formula is C17H19BrN2O3S. The van der Waals surface area contributed by atoms with Gasteiger partial charge in [0.25, 0.3) is 0 Å². The first-order valence-corrected chi connectivity index (χ1v) is 9.69. The molecule has 0 radical (unpaired) electrons. The summed E-state index contributed by atoms with van der Waals surface area (Å²) in [5.41, 5.74) is 3.69. The van der Waals surface area contributed by atoms with Crippen molar-refractivity contribution in [3.63, 3.8) is 0 Å². The normalized spacial score (nSPS) is 11.3. The van der Waals surface area contributed by atoms with Crippen LogP contribution in [0, 0.1) is 13.8 Å². The lowest BCUT2D eigenvalue weighted by Crippen LogP contribution is -2.14. The zero-order chi connectivity index (χ0) is 17.9. The van der Waals surface area contributed by atoms with Gasteiger partial charge in [-0.25, -0.2) is 13.6 Å². The van der Waals surface area contributed by atoms with Crippen LogP contribution in [0.25, 0.3) is 0 Å². The Hall–Kier alpha value is -1.70. The molecule has 0 saturated carbocycles. The van der Waals surface area contributed by atoms with Crippen LogP contribution in [0.3, 0.4) is 0 Å². The van der Waals surface area contributed by atoms with E-state index < -0.39 is 10.0 Å². The predicted molar refractivity (Wildman–Crippen MR) is 98.4 cm³/mol. The van der Waals surface area contributed by atoms with Gasteiger partial charge in [0.15, 0.2) is 0 Å². The number of nitrogens with one attached hydrogen (secondary N) is 1. The summed E-state index contributed by atoms with van der Waals surface area (Å²) >= 11 is 3.43. The van der Waals surface area contributed by atoms with Crippen LogP contribution in [0.2, 0.25) is 0 Å². The van der Waals surface area contributed by atoms with Gasteiger partial charge in [-0.3, -0.25) is 4.79 Å². The van der Waals surface area contributed by atoms with Crippen LogP contribution in [-0.4, -0.2) is 14.3 Å². The number of benzene rings is 2. The van der Waals surface area contributed by atoms with E-state index in [2.05, 4.69) is 21.2 Å². The van der Waals surface area contributed by atoms with Gasteiger partial charge in [-0.1, -0.05) is 28.1 Å². The van der Waals surface area contributed by atoms with Crippen LogP contribution >= 0.6 is 15.9 Å². The molecule has 2 aromatic rings. The number of anilines is 1.